The Morgan fingerprint density at radius 3 is 2.90 bits per heavy atom. The number of benzene rings is 1. The van der Waals surface area contributed by atoms with Crippen molar-refractivity contribution in [2.75, 3.05) is 6.54 Å². The third-order valence-corrected chi connectivity index (χ3v) is 6.37. The summed E-state index contributed by atoms with van der Waals surface area (Å²) in [4.78, 5) is 20.2. The summed E-state index contributed by atoms with van der Waals surface area (Å²) in [6, 6.07) is 7.41. The molecule has 154 valence electrons. The van der Waals surface area contributed by atoms with E-state index in [2.05, 4.69) is 10.4 Å². The molecule has 8 heteroatoms. The van der Waals surface area contributed by atoms with Gasteiger partial charge in [0.25, 0.3) is 5.91 Å². The number of aliphatic imine (C=N–C) groups is 1. The van der Waals surface area contributed by atoms with Crippen LogP contribution < -0.4 is 5.43 Å². The molecule has 4 heterocycles. The fourth-order valence-electron chi connectivity index (χ4n) is 4.26. The lowest BCUT2D eigenvalue weighted by molar-refractivity contribution is -0.127. The van der Waals surface area contributed by atoms with Crippen LogP contribution in [-0.2, 0) is 4.79 Å². The summed E-state index contributed by atoms with van der Waals surface area (Å²) in [6.45, 7) is 2.72. The minimum absolute atomic E-state index is 0.00499. The Hall–Kier alpha value is -2.54. The predicted octanol–water partition coefficient (Wildman–Crippen LogP) is 4.80. The molecular formula is C22H20Cl2N4O2. The summed E-state index contributed by atoms with van der Waals surface area (Å²) in [6.07, 6.45) is 8.88. The second kappa shape index (κ2) is 7.61. The molecule has 0 saturated carbocycles. The quantitative estimate of drug-likeness (QED) is 0.741. The number of nitrogens with one attached hydrogen (secondary N) is 1. The lowest BCUT2D eigenvalue weighted by atomic mass is 10.0. The monoisotopic (exact) mass is 442 g/mol. The third kappa shape index (κ3) is 3.25. The molecule has 3 aliphatic rings. The molecule has 30 heavy (non-hydrogen) atoms. The number of amides is 1. The Balaban J connectivity index is 1.60. The fraction of sp³-hybridized carbons (Fsp3) is 0.273. The minimum Gasteiger partial charge on any atom is -0.472 e. The number of hydrogen-bond donors (Lipinski definition) is 1. The number of carbonyl (C=O) groups excluding carboxylic acids is 1. The Morgan fingerprint density at radius 2 is 2.13 bits per heavy atom. The Kier molecular flexibility index (Phi) is 4.93. The number of nitrogens with zero attached hydrogens (tertiary/aromatic N) is 3. The maximum Gasteiger partial charge on any atom is 0.258 e. The van der Waals surface area contributed by atoms with Crippen LogP contribution in [0.25, 0.3) is 5.70 Å². The van der Waals surface area contributed by atoms with Crippen molar-refractivity contribution in [2.45, 2.75) is 31.8 Å². The lowest BCUT2D eigenvalue weighted by Crippen LogP contribution is -2.40. The smallest absolute Gasteiger partial charge is 0.258 e. The molecule has 5 rings (SSSR count). The van der Waals surface area contributed by atoms with Gasteiger partial charge < -0.3 is 9.32 Å². The van der Waals surface area contributed by atoms with Gasteiger partial charge >= 0.3 is 0 Å². The van der Waals surface area contributed by atoms with Crippen LogP contribution in [0.5, 0.6) is 0 Å². The van der Waals surface area contributed by atoms with Gasteiger partial charge in [0.05, 0.1) is 39.9 Å². The Bertz CT molecular complexity index is 1090. The van der Waals surface area contributed by atoms with Gasteiger partial charge in [-0.2, -0.15) is 0 Å². The standard InChI is InChI=1S/C22H20Cl2N4O2/c1-13-9-20-25-11-16(21(28(20)26-13)14-4-5-17(23)18(24)10-14)22(29)27-7-2-3-19(27)15-6-8-30-12-15/h4-6,8-13,19,26H,2-3,7H2,1H3. The van der Waals surface area contributed by atoms with E-state index < -0.39 is 0 Å². The third-order valence-electron chi connectivity index (χ3n) is 5.63. The van der Waals surface area contributed by atoms with Crippen LogP contribution in [0.2, 0.25) is 10.0 Å². The molecule has 1 saturated heterocycles. The number of hydrogen-bond acceptors (Lipinski definition) is 5. The summed E-state index contributed by atoms with van der Waals surface area (Å²) in [5.41, 5.74) is 6.41. The van der Waals surface area contributed by atoms with E-state index in [9.17, 15) is 4.79 Å². The van der Waals surface area contributed by atoms with Crippen molar-refractivity contribution in [3.05, 3.63) is 75.4 Å². The van der Waals surface area contributed by atoms with E-state index in [4.69, 9.17) is 27.6 Å². The van der Waals surface area contributed by atoms with Crippen molar-refractivity contribution in [2.24, 2.45) is 4.99 Å². The van der Waals surface area contributed by atoms with Crippen LogP contribution in [0.1, 0.15) is 36.9 Å². The summed E-state index contributed by atoms with van der Waals surface area (Å²) in [5, 5.41) is 2.77. The molecule has 0 bridgehead atoms. The molecule has 1 aromatic carbocycles. The van der Waals surface area contributed by atoms with Crippen LogP contribution in [0.4, 0.5) is 0 Å². The van der Waals surface area contributed by atoms with E-state index in [1.165, 1.54) is 0 Å². The molecule has 0 radical (unpaired) electrons. The second-order valence-electron chi connectivity index (χ2n) is 7.64. The minimum atomic E-state index is -0.0658. The van der Waals surface area contributed by atoms with Gasteiger partial charge in [-0.25, -0.2) is 10.4 Å². The van der Waals surface area contributed by atoms with E-state index in [-0.39, 0.29) is 18.0 Å². The van der Waals surface area contributed by atoms with Gasteiger partial charge in [-0.3, -0.25) is 9.80 Å². The molecule has 0 aliphatic carbocycles. The summed E-state index contributed by atoms with van der Waals surface area (Å²) < 4.78 is 5.25. The number of fused-ring (bicyclic) bond motifs is 1. The molecule has 1 amide bonds. The molecule has 1 aromatic heterocycles. The normalized spacial score (nSPS) is 23.2. The first-order valence-corrected chi connectivity index (χ1v) is 10.6. The van der Waals surface area contributed by atoms with E-state index in [0.29, 0.717) is 22.2 Å². The van der Waals surface area contributed by atoms with E-state index in [0.717, 1.165) is 35.5 Å². The first kappa shape index (κ1) is 19.4. The van der Waals surface area contributed by atoms with Gasteiger partial charge in [-0.1, -0.05) is 29.3 Å². The van der Waals surface area contributed by atoms with Gasteiger partial charge in [0.2, 0.25) is 0 Å². The van der Waals surface area contributed by atoms with Crippen molar-refractivity contribution in [1.29, 1.82) is 0 Å². The molecule has 2 unspecified atom stereocenters. The zero-order chi connectivity index (χ0) is 20.8. The average Bonchev–Trinajstić information content (AvgIpc) is 3.48. The molecule has 1 N–H and O–H groups in total. The van der Waals surface area contributed by atoms with Gasteiger partial charge in [0, 0.05) is 29.9 Å². The van der Waals surface area contributed by atoms with Gasteiger partial charge in [-0.05, 0) is 44.0 Å². The molecular weight excluding hydrogens is 423 g/mol. The fourth-order valence-corrected chi connectivity index (χ4v) is 4.56. The first-order chi connectivity index (χ1) is 14.5. The molecule has 2 aromatic rings. The lowest BCUT2D eigenvalue weighted by Gasteiger charge is -2.31. The summed E-state index contributed by atoms with van der Waals surface area (Å²) >= 11 is 12.4. The van der Waals surface area contributed by atoms with E-state index in [1.54, 1.807) is 30.9 Å². The zero-order valence-electron chi connectivity index (χ0n) is 16.3. The molecule has 1 fully saturated rings. The van der Waals surface area contributed by atoms with E-state index in [1.807, 2.05) is 35.0 Å². The largest absolute Gasteiger partial charge is 0.472 e. The van der Waals surface area contributed by atoms with E-state index >= 15 is 0 Å². The first-order valence-electron chi connectivity index (χ1n) is 9.88. The highest BCUT2D eigenvalue weighted by atomic mass is 35.5. The number of rotatable bonds is 3. The van der Waals surface area contributed by atoms with Crippen molar-refractivity contribution < 1.29 is 9.21 Å². The van der Waals surface area contributed by atoms with Crippen molar-refractivity contribution in [3.63, 3.8) is 0 Å². The van der Waals surface area contributed by atoms with Gasteiger partial charge in [-0.15, -0.1) is 0 Å². The molecule has 6 nitrogen and oxygen atoms in total. The molecule has 2 atom stereocenters. The van der Waals surface area contributed by atoms with Crippen LogP contribution >= 0.6 is 23.2 Å². The number of halogens is 2. The maximum absolute atomic E-state index is 13.7. The van der Waals surface area contributed by atoms with Gasteiger partial charge in [0.15, 0.2) is 0 Å². The highest BCUT2D eigenvalue weighted by molar-refractivity contribution is 6.42. The SMILES string of the molecule is CC1C=C2N=CC(C(=O)N3CCCC3c3ccoc3)=C(c3ccc(Cl)c(Cl)c3)N2N1. The number of likely N-dealkylation sites (tertiary alicyclic amines) is 1. The van der Waals surface area contributed by atoms with Crippen molar-refractivity contribution >= 4 is 41.0 Å². The number of carbonyl (C=O) groups is 1. The van der Waals surface area contributed by atoms with Crippen LogP contribution in [-0.4, -0.2) is 34.6 Å². The summed E-state index contributed by atoms with van der Waals surface area (Å²) in [5.74, 6) is 0.692. The zero-order valence-corrected chi connectivity index (χ0v) is 17.8. The van der Waals surface area contributed by atoms with Crippen molar-refractivity contribution in [3.8, 4) is 0 Å². The highest BCUT2D eigenvalue weighted by Gasteiger charge is 2.37. The number of hydrazine groups is 1. The Labute approximate surface area is 184 Å². The molecule has 0 spiro atoms. The molecule has 3 aliphatic heterocycles. The second-order valence-corrected chi connectivity index (χ2v) is 8.46. The number of furan rings is 1. The summed E-state index contributed by atoms with van der Waals surface area (Å²) in [7, 11) is 0. The van der Waals surface area contributed by atoms with Crippen LogP contribution in [0.15, 0.2) is 63.7 Å². The van der Waals surface area contributed by atoms with Crippen molar-refractivity contribution in [1.82, 2.24) is 15.3 Å². The Morgan fingerprint density at radius 1 is 1.27 bits per heavy atom. The van der Waals surface area contributed by atoms with Gasteiger partial charge in [0.1, 0.15) is 5.82 Å². The predicted molar refractivity (Wildman–Crippen MR) is 117 cm³/mol. The average molecular weight is 443 g/mol. The van der Waals surface area contributed by atoms with Crippen LogP contribution in [0.3, 0.4) is 0 Å². The van der Waals surface area contributed by atoms with Crippen LogP contribution in [0, 0.1) is 0 Å². The highest BCUT2D eigenvalue weighted by Crippen LogP contribution is 2.38. The topological polar surface area (TPSA) is 61.1 Å². The maximum atomic E-state index is 13.7.